The molecule has 0 aliphatic rings. The van der Waals surface area contributed by atoms with E-state index in [-0.39, 0.29) is 5.91 Å². The first-order chi connectivity index (χ1) is 9.19. The second kappa shape index (κ2) is 6.63. The molecule has 3 nitrogen and oxygen atoms in total. The van der Waals surface area contributed by atoms with E-state index in [9.17, 15) is 4.79 Å². The van der Waals surface area contributed by atoms with Gasteiger partial charge in [0.25, 0.3) is 5.91 Å². The fourth-order valence-corrected chi connectivity index (χ4v) is 2.71. The molecule has 0 aliphatic heterocycles. The first-order valence-electron chi connectivity index (χ1n) is 5.87. The summed E-state index contributed by atoms with van der Waals surface area (Å²) in [6.07, 6.45) is 0.800. The van der Waals surface area contributed by atoms with E-state index in [2.05, 4.69) is 17.9 Å². The molecule has 0 aliphatic carbocycles. The highest BCUT2D eigenvalue weighted by Gasteiger charge is 2.07. The molecule has 0 atom stereocenters. The predicted molar refractivity (Wildman–Crippen MR) is 80.6 cm³/mol. The molecular formula is C14H15NO2S2. The minimum atomic E-state index is -0.0428. The highest BCUT2D eigenvalue weighted by molar-refractivity contribution is 7.80. The number of nitrogens with one attached hydrogen (secondary N) is 1. The van der Waals surface area contributed by atoms with Gasteiger partial charge in [-0.1, -0.05) is 12.1 Å². The average molecular weight is 293 g/mol. The smallest absolute Gasteiger partial charge is 0.261 e. The molecule has 1 N–H and O–H groups in total. The number of ether oxygens (including phenoxy) is 1. The summed E-state index contributed by atoms with van der Waals surface area (Å²) >= 11 is 5.59. The third kappa shape index (κ3) is 4.01. The molecule has 1 aromatic carbocycles. The molecule has 0 bridgehead atoms. The molecule has 0 saturated carbocycles. The van der Waals surface area contributed by atoms with Crippen LogP contribution in [0, 0.1) is 0 Å². The molecule has 0 radical (unpaired) electrons. The van der Waals surface area contributed by atoms with Gasteiger partial charge in [-0.25, -0.2) is 0 Å². The Bertz CT molecular complexity index is 549. The van der Waals surface area contributed by atoms with Gasteiger partial charge in [0.15, 0.2) is 0 Å². The summed E-state index contributed by atoms with van der Waals surface area (Å²) < 4.78 is 5.10. The maximum atomic E-state index is 11.8. The first-order valence-corrected chi connectivity index (χ1v) is 7.20. The summed E-state index contributed by atoms with van der Waals surface area (Å²) in [4.78, 5) is 13.3. The molecule has 5 heteroatoms. The number of methoxy groups -OCH3 is 1. The number of hydrogen-bond donors (Lipinski definition) is 2. The van der Waals surface area contributed by atoms with Gasteiger partial charge < -0.3 is 10.1 Å². The SMILES string of the molecule is COc1ccc(CCNC(=O)c2cc(S)cs2)cc1. The zero-order valence-electron chi connectivity index (χ0n) is 10.6. The van der Waals surface area contributed by atoms with Gasteiger partial charge in [0.2, 0.25) is 0 Å². The maximum Gasteiger partial charge on any atom is 0.261 e. The number of thiophene rings is 1. The highest BCUT2D eigenvalue weighted by Crippen LogP contribution is 2.17. The summed E-state index contributed by atoms with van der Waals surface area (Å²) in [6.45, 7) is 0.616. The number of carbonyl (C=O) groups is 1. The topological polar surface area (TPSA) is 38.3 Å². The van der Waals surface area contributed by atoms with Crippen molar-refractivity contribution in [2.75, 3.05) is 13.7 Å². The van der Waals surface area contributed by atoms with Crippen LogP contribution in [0.25, 0.3) is 0 Å². The third-order valence-corrected chi connectivity index (χ3v) is 4.03. The molecule has 1 amide bonds. The number of benzene rings is 1. The predicted octanol–water partition coefficient (Wildman–Crippen LogP) is 3.02. The van der Waals surface area contributed by atoms with Crippen molar-refractivity contribution in [3.05, 3.63) is 46.2 Å². The van der Waals surface area contributed by atoms with Gasteiger partial charge >= 0.3 is 0 Å². The lowest BCUT2D eigenvalue weighted by atomic mass is 10.1. The van der Waals surface area contributed by atoms with Crippen molar-refractivity contribution in [1.82, 2.24) is 5.32 Å². The van der Waals surface area contributed by atoms with E-state index in [1.165, 1.54) is 16.9 Å². The van der Waals surface area contributed by atoms with Crippen LogP contribution in [0.3, 0.4) is 0 Å². The monoisotopic (exact) mass is 293 g/mol. The van der Waals surface area contributed by atoms with Crippen molar-refractivity contribution in [2.24, 2.45) is 0 Å². The molecule has 0 unspecified atom stereocenters. The van der Waals surface area contributed by atoms with Crippen molar-refractivity contribution >= 4 is 29.9 Å². The Kier molecular flexibility index (Phi) is 4.87. The largest absolute Gasteiger partial charge is 0.497 e. The quantitative estimate of drug-likeness (QED) is 0.832. The van der Waals surface area contributed by atoms with Crippen LogP contribution < -0.4 is 10.1 Å². The van der Waals surface area contributed by atoms with Gasteiger partial charge in [-0.3, -0.25) is 4.79 Å². The van der Waals surface area contributed by atoms with Crippen LogP contribution >= 0.6 is 24.0 Å². The molecule has 0 fully saturated rings. The Balaban J connectivity index is 1.81. The summed E-state index contributed by atoms with van der Waals surface area (Å²) in [5, 5.41) is 4.74. The van der Waals surface area contributed by atoms with Crippen molar-refractivity contribution in [3.63, 3.8) is 0 Å². The maximum absolute atomic E-state index is 11.8. The normalized spacial score (nSPS) is 10.2. The molecule has 2 rings (SSSR count). The Hall–Kier alpha value is -1.46. The Morgan fingerprint density at radius 3 is 2.68 bits per heavy atom. The van der Waals surface area contributed by atoms with Gasteiger partial charge in [-0.05, 0) is 30.2 Å². The van der Waals surface area contributed by atoms with Crippen LogP contribution in [0.2, 0.25) is 0 Å². The second-order valence-corrected chi connectivity index (χ2v) is 5.45. The zero-order chi connectivity index (χ0) is 13.7. The number of amides is 1. The summed E-state index contributed by atoms with van der Waals surface area (Å²) in [7, 11) is 1.64. The van der Waals surface area contributed by atoms with Gasteiger partial charge in [-0.15, -0.1) is 24.0 Å². The number of rotatable bonds is 5. The van der Waals surface area contributed by atoms with Crippen molar-refractivity contribution in [1.29, 1.82) is 0 Å². The van der Waals surface area contributed by atoms with Crippen LogP contribution in [0.1, 0.15) is 15.2 Å². The van der Waals surface area contributed by atoms with Crippen LogP contribution in [-0.2, 0) is 6.42 Å². The molecule has 0 spiro atoms. The molecule has 0 saturated heterocycles. The van der Waals surface area contributed by atoms with E-state index < -0.39 is 0 Å². The molecule has 1 aromatic heterocycles. The lowest BCUT2D eigenvalue weighted by Gasteiger charge is -2.05. The zero-order valence-corrected chi connectivity index (χ0v) is 12.3. The molecule has 100 valence electrons. The molecule has 19 heavy (non-hydrogen) atoms. The van der Waals surface area contributed by atoms with Crippen LogP contribution in [0.4, 0.5) is 0 Å². The van der Waals surface area contributed by atoms with Gasteiger partial charge in [0.05, 0.1) is 12.0 Å². The molecule has 2 aromatic rings. The van der Waals surface area contributed by atoms with Crippen molar-refractivity contribution in [3.8, 4) is 5.75 Å². The fraction of sp³-hybridized carbons (Fsp3) is 0.214. The van der Waals surface area contributed by atoms with E-state index in [4.69, 9.17) is 4.74 Å². The second-order valence-electron chi connectivity index (χ2n) is 4.02. The first kappa shape index (κ1) is 14.0. The van der Waals surface area contributed by atoms with Gasteiger partial charge in [0.1, 0.15) is 5.75 Å². The average Bonchev–Trinajstić information content (AvgIpc) is 2.86. The summed E-state index contributed by atoms with van der Waals surface area (Å²) in [5.74, 6) is 0.798. The number of thiol groups is 1. The summed E-state index contributed by atoms with van der Waals surface area (Å²) in [5.41, 5.74) is 1.17. The molecule has 1 heterocycles. The van der Waals surface area contributed by atoms with Crippen molar-refractivity contribution in [2.45, 2.75) is 11.3 Å². The highest BCUT2D eigenvalue weighted by atomic mass is 32.1. The Morgan fingerprint density at radius 1 is 1.37 bits per heavy atom. The van der Waals surface area contributed by atoms with Crippen LogP contribution in [0.15, 0.2) is 40.6 Å². The lowest BCUT2D eigenvalue weighted by Crippen LogP contribution is -2.24. The number of hydrogen-bond acceptors (Lipinski definition) is 4. The minimum absolute atomic E-state index is 0.0428. The van der Waals surface area contributed by atoms with E-state index in [1.54, 1.807) is 13.2 Å². The fourth-order valence-electron chi connectivity index (χ4n) is 1.64. The van der Waals surface area contributed by atoms with E-state index in [1.807, 2.05) is 29.6 Å². The lowest BCUT2D eigenvalue weighted by molar-refractivity contribution is 0.0958. The van der Waals surface area contributed by atoms with Gasteiger partial charge in [0, 0.05) is 16.8 Å². The van der Waals surface area contributed by atoms with Crippen LogP contribution in [-0.4, -0.2) is 19.6 Å². The van der Waals surface area contributed by atoms with Crippen LogP contribution in [0.5, 0.6) is 5.75 Å². The van der Waals surface area contributed by atoms with Crippen molar-refractivity contribution < 1.29 is 9.53 Å². The van der Waals surface area contributed by atoms with E-state index >= 15 is 0 Å². The van der Waals surface area contributed by atoms with E-state index in [0.717, 1.165) is 17.1 Å². The minimum Gasteiger partial charge on any atom is -0.497 e. The third-order valence-electron chi connectivity index (χ3n) is 2.67. The Morgan fingerprint density at radius 2 is 2.11 bits per heavy atom. The summed E-state index contributed by atoms with van der Waals surface area (Å²) in [6, 6.07) is 9.62. The standard InChI is InChI=1S/C14H15NO2S2/c1-17-11-4-2-10(3-5-11)6-7-15-14(16)13-8-12(18)9-19-13/h2-5,8-9,18H,6-7H2,1H3,(H,15,16). The molecular weight excluding hydrogens is 278 g/mol. The van der Waals surface area contributed by atoms with Gasteiger partial charge in [-0.2, -0.15) is 0 Å². The number of carbonyl (C=O) groups excluding carboxylic acids is 1. The van der Waals surface area contributed by atoms with E-state index in [0.29, 0.717) is 11.4 Å². The Labute approximate surface area is 122 Å².